The monoisotopic (exact) mass is 372 g/mol. The molecular weight excluding hydrogens is 344 g/mol. The Morgan fingerprint density at radius 1 is 1.31 bits per heavy atom. The van der Waals surface area contributed by atoms with Gasteiger partial charge in [-0.1, -0.05) is 43.7 Å². The summed E-state index contributed by atoms with van der Waals surface area (Å²) in [6, 6.07) is 8.91. The standard InChI is InChI=1S/C20H28N4OS/c1-14(2)13-24(11-10-19(25)21-17-8-9-17)20-22-18(23-26-20)12-16-6-4-15(3)5-7-16/h4-7,14,17H,8-13H2,1-3H3,(H,21,25). The maximum Gasteiger partial charge on any atom is 0.221 e. The first-order chi connectivity index (χ1) is 12.5. The van der Waals surface area contributed by atoms with Gasteiger partial charge < -0.3 is 10.2 Å². The third-order valence-electron chi connectivity index (χ3n) is 4.35. The van der Waals surface area contributed by atoms with E-state index in [0.29, 0.717) is 24.9 Å². The molecule has 1 heterocycles. The minimum Gasteiger partial charge on any atom is -0.353 e. The van der Waals surface area contributed by atoms with Gasteiger partial charge in [0.05, 0.1) is 0 Å². The van der Waals surface area contributed by atoms with Crippen molar-refractivity contribution >= 4 is 22.6 Å². The molecule has 1 aliphatic carbocycles. The van der Waals surface area contributed by atoms with Gasteiger partial charge in [-0.05, 0) is 31.2 Å². The van der Waals surface area contributed by atoms with Crippen molar-refractivity contribution in [2.24, 2.45) is 5.92 Å². The lowest BCUT2D eigenvalue weighted by molar-refractivity contribution is -0.121. The second-order valence-electron chi connectivity index (χ2n) is 7.59. The molecule has 0 bridgehead atoms. The van der Waals surface area contributed by atoms with E-state index in [0.717, 1.165) is 36.8 Å². The average Bonchev–Trinajstić information content (AvgIpc) is 3.28. The highest BCUT2D eigenvalue weighted by molar-refractivity contribution is 7.09. The fourth-order valence-corrected chi connectivity index (χ4v) is 3.52. The zero-order valence-corrected chi connectivity index (χ0v) is 16.7. The Bertz CT molecular complexity index is 722. The minimum atomic E-state index is 0.144. The van der Waals surface area contributed by atoms with Gasteiger partial charge in [0, 0.05) is 43.5 Å². The maximum absolute atomic E-state index is 12.0. The van der Waals surface area contributed by atoms with E-state index in [1.165, 1.54) is 22.7 Å². The molecule has 0 spiro atoms. The Balaban J connectivity index is 1.61. The van der Waals surface area contributed by atoms with Crippen molar-refractivity contribution in [1.82, 2.24) is 14.7 Å². The number of benzene rings is 1. The molecule has 0 saturated heterocycles. The molecule has 0 aliphatic heterocycles. The molecule has 0 radical (unpaired) electrons. The maximum atomic E-state index is 12.0. The Morgan fingerprint density at radius 2 is 2.04 bits per heavy atom. The fourth-order valence-electron chi connectivity index (χ4n) is 2.80. The van der Waals surface area contributed by atoms with Crippen LogP contribution in [0.5, 0.6) is 0 Å². The Hall–Kier alpha value is -1.95. The van der Waals surface area contributed by atoms with E-state index in [9.17, 15) is 4.79 Å². The predicted octanol–water partition coefficient (Wildman–Crippen LogP) is 3.57. The molecule has 26 heavy (non-hydrogen) atoms. The van der Waals surface area contributed by atoms with Crippen molar-refractivity contribution in [2.75, 3.05) is 18.0 Å². The van der Waals surface area contributed by atoms with E-state index in [1.807, 2.05) is 0 Å². The van der Waals surface area contributed by atoms with Gasteiger partial charge in [0.2, 0.25) is 11.0 Å². The number of carbonyl (C=O) groups is 1. The summed E-state index contributed by atoms with van der Waals surface area (Å²) in [4.78, 5) is 19.0. The van der Waals surface area contributed by atoms with Crippen molar-refractivity contribution in [3.8, 4) is 0 Å². The number of nitrogens with zero attached hydrogens (tertiary/aromatic N) is 3. The van der Waals surface area contributed by atoms with Gasteiger partial charge in [-0.3, -0.25) is 4.79 Å². The van der Waals surface area contributed by atoms with Crippen molar-refractivity contribution in [3.63, 3.8) is 0 Å². The number of aryl methyl sites for hydroxylation is 1. The molecule has 1 aromatic heterocycles. The number of hydrogen-bond donors (Lipinski definition) is 1. The Labute approximate surface area is 160 Å². The van der Waals surface area contributed by atoms with E-state index in [4.69, 9.17) is 4.98 Å². The topological polar surface area (TPSA) is 58.1 Å². The molecule has 1 amide bonds. The Kier molecular flexibility index (Phi) is 6.25. The summed E-state index contributed by atoms with van der Waals surface area (Å²) in [6.45, 7) is 8.04. The third kappa shape index (κ3) is 5.80. The number of aromatic nitrogens is 2. The molecule has 1 aromatic carbocycles. The zero-order chi connectivity index (χ0) is 18.5. The van der Waals surface area contributed by atoms with Crippen molar-refractivity contribution < 1.29 is 4.79 Å². The van der Waals surface area contributed by atoms with Crippen LogP contribution in [0.25, 0.3) is 0 Å². The van der Waals surface area contributed by atoms with Crippen LogP contribution in [0.4, 0.5) is 5.13 Å². The first-order valence-corrected chi connectivity index (χ1v) is 10.2. The summed E-state index contributed by atoms with van der Waals surface area (Å²) >= 11 is 1.43. The van der Waals surface area contributed by atoms with Crippen LogP contribution >= 0.6 is 11.5 Å². The van der Waals surface area contributed by atoms with E-state index < -0.39 is 0 Å². The van der Waals surface area contributed by atoms with Crippen LogP contribution in [0.2, 0.25) is 0 Å². The van der Waals surface area contributed by atoms with E-state index in [-0.39, 0.29) is 5.91 Å². The van der Waals surface area contributed by atoms with Crippen LogP contribution < -0.4 is 10.2 Å². The number of hydrogen-bond acceptors (Lipinski definition) is 5. The highest BCUT2D eigenvalue weighted by atomic mass is 32.1. The summed E-state index contributed by atoms with van der Waals surface area (Å²) in [5.41, 5.74) is 2.48. The second-order valence-corrected chi connectivity index (χ2v) is 8.32. The van der Waals surface area contributed by atoms with Gasteiger partial charge in [-0.15, -0.1) is 0 Å². The predicted molar refractivity (Wildman–Crippen MR) is 107 cm³/mol. The van der Waals surface area contributed by atoms with Crippen LogP contribution in [-0.4, -0.2) is 34.4 Å². The molecule has 1 fully saturated rings. The molecule has 2 aromatic rings. The largest absolute Gasteiger partial charge is 0.353 e. The lowest BCUT2D eigenvalue weighted by atomic mass is 10.1. The third-order valence-corrected chi connectivity index (χ3v) is 5.16. The van der Waals surface area contributed by atoms with Crippen LogP contribution in [0, 0.1) is 12.8 Å². The first-order valence-electron chi connectivity index (χ1n) is 9.42. The second kappa shape index (κ2) is 8.62. The van der Waals surface area contributed by atoms with E-state index in [1.54, 1.807) is 0 Å². The van der Waals surface area contributed by atoms with Gasteiger partial charge in [0.15, 0.2) is 0 Å². The number of amides is 1. The van der Waals surface area contributed by atoms with E-state index >= 15 is 0 Å². The van der Waals surface area contributed by atoms with Crippen LogP contribution in [0.1, 0.15) is 50.1 Å². The Morgan fingerprint density at radius 3 is 2.69 bits per heavy atom. The summed E-state index contributed by atoms with van der Waals surface area (Å²) in [5, 5.41) is 3.97. The normalized spacial score (nSPS) is 13.8. The summed E-state index contributed by atoms with van der Waals surface area (Å²) in [6.07, 6.45) is 3.50. The minimum absolute atomic E-state index is 0.144. The van der Waals surface area contributed by atoms with E-state index in [2.05, 4.69) is 59.6 Å². The van der Waals surface area contributed by atoms with Crippen molar-refractivity contribution in [2.45, 2.75) is 52.5 Å². The van der Waals surface area contributed by atoms with Crippen molar-refractivity contribution in [3.05, 3.63) is 41.2 Å². The van der Waals surface area contributed by atoms with Crippen LogP contribution in [0.15, 0.2) is 24.3 Å². The fraction of sp³-hybridized carbons (Fsp3) is 0.550. The molecular formula is C20H28N4OS. The van der Waals surface area contributed by atoms with Gasteiger partial charge in [0.1, 0.15) is 5.82 Å². The molecule has 1 N–H and O–H groups in total. The van der Waals surface area contributed by atoms with Crippen LogP contribution in [-0.2, 0) is 11.2 Å². The SMILES string of the molecule is Cc1ccc(Cc2nsc(N(CCC(=O)NC3CC3)CC(C)C)n2)cc1. The van der Waals surface area contributed by atoms with Gasteiger partial charge in [0.25, 0.3) is 0 Å². The zero-order valence-electron chi connectivity index (χ0n) is 15.9. The van der Waals surface area contributed by atoms with Gasteiger partial charge in [-0.25, -0.2) is 4.98 Å². The lowest BCUT2D eigenvalue weighted by Gasteiger charge is -2.23. The molecule has 1 saturated carbocycles. The molecule has 3 rings (SSSR count). The van der Waals surface area contributed by atoms with Crippen molar-refractivity contribution in [1.29, 1.82) is 0 Å². The number of carbonyl (C=O) groups excluding carboxylic acids is 1. The number of anilines is 1. The highest BCUT2D eigenvalue weighted by Gasteiger charge is 2.23. The average molecular weight is 373 g/mol. The molecule has 5 nitrogen and oxygen atoms in total. The number of rotatable bonds is 9. The summed E-state index contributed by atoms with van der Waals surface area (Å²) < 4.78 is 4.54. The quantitative estimate of drug-likeness (QED) is 0.731. The molecule has 140 valence electrons. The summed E-state index contributed by atoms with van der Waals surface area (Å²) in [7, 11) is 0. The smallest absolute Gasteiger partial charge is 0.221 e. The molecule has 6 heteroatoms. The van der Waals surface area contributed by atoms with Crippen LogP contribution in [0.3, 0.4) is 0 Å². The molecule has 0 unspecified atom stereocenters. The molecule has 1 aliphatic rings. The van der Waals surface area contributed by atoms with Gasteiger partial charge >= 0.3 is 0 Å². The van der Waals surface area contributed by atoms with Gasteiger partial charge in [-0.2, -0.15) is 4.37 Å². The first kappa shape index (κ1) is 18.8. The number of nitrogens with one attached hydrogen (secondary N) is 1. The highest BCUT2D eigenvalue weighted by Crippen LogP contribution is 2.22. The molecule has 0 atom stereocenters. The lowest BCUT2D eigenvalue weighted by Crippen LogP contribution is -2.33. The summed E-state index contributed by atoms with van der Waals surface area (Å²) in [5.74, 6) is 1.50.